The molecule has 4 heteroatoms. The maximum atomic E-state index is 11.4. The van der Waals surface area contributed by atoms with Gasteiger partial charge in [0.25, 0.3) is 0 Å². The Morgan fingerprint density at radius 1 is 1.41 bits per heavy atom. The van der Waals surface area contributed by atoms with Crippen molar-refractivity contribution in [2.24, 2.45) is 5.73 Å². The molecule has 0 spiro atoms. The molecule has 0 aromatic heterocycles. The number of hydrogen-bond acceptors (Lipinski definition) is 3. The van der Waals surface area contributed by atoms with Gasteiger partial charge in [-0.05, 0) is 18.9 Å². The van der Waals surface area contributed by atoms with Crippen LogP contribution in [0, 0.1) is 0 Å². The molecule has 0 fully saturated rings. The zero-order valence-corrected chi connectivity index (χ0v) is 11.0. The fraction of sp³-hybridized carbons (Fsp3) is 0.462. The SMILES string of the molecule is CC(N)CSCC(=O)NCCc1ccccc1. The van der Waals surface area contributed by atoms with Gasteiger partial charge in [0.05, 0.1) is 5.75 Å². The largest absolute Gasteiger partial charge is 0.355 e. The topological polar surface area (TPSA) is 55.1 Å². The molecule has 0 saturated carbocycles. The van der Waals surface area contributed by atoms with Crippen LogP contribution in [0.1, 0.15) is 12.5 Å². The van der Waals surface area contributed by atoms with E-state index in [2.05, 4.69) is 17.4 Å². The van der Waals surface area contributed by atoms with Crippen molar-refractivity contribution < 1.29 is 4.79 Å². The molecular weight excluding hydrogens is 232 g/mol. The van der Waals surface area contributed by atoms with Gasteiger partial charge in [-0.15, -0.1) is 0 Å². The smallest absolute Gasteiger partial charge is 0.230 e. The monoisotopic (exact) mass is 252 g/mol. The predicted molar refractivity (Wildman–Crippen MR) is 74.1 cm³/mol. The molecule has 0 saturated heterocycles. The fourth-order valence-corrected chi connectivity index (χ4v) is 2.16. The van der Waals surface area contributed by atoms with Crippen LogP contribution in [0.5, 0.6) is 0 Å². The van der Waals surface area contributed by atoms with E-state index in [1.54, 1.807) is 11.8 Å². The zero-order chi connectivity index (χ0) is 12.5. The lowest BCUT2D eigenvalue weighted by molar-refractivity contribution is -0.118. The average molecular weight is 252 g/mol. The highest BCUT2D eigenvalue weighted by atomic mass is 32.2. The number of hydrogen-bond donors (Lipinski definition) is 2. The Bertz CT molecular complexity index is 327. The van der Waals surface area contributed by atoms with Crippen LogP contribution in [0.3, 0.4) is 0 Å². The number of benzene rings is 1. The van der Waals surface area contributed by atoms with Gasteiger partial charge in [-0.3, -0.25) is 4.79 Å². The Morgan fingerprint density at radius 3 is 2.76 bits per heavy atom. The van der Waals surface area contributed by atoms with Crippen molar-refractivity contribution in [2.75, 3.05) is 18.1 Å². The van der Waals surface area contributed by atoms with Gasteiger partial charge in [-0.25, -0.2) is 0 Å². The molecule has 1 amide bonds. The van der Waals surface area contributed by atoms with E-state index < -0.39 is 0 Å². The standard InChI is InChI=1S/C13H20N2OS/c1-11(14)9-17-10-13(16)15-8-7-12-5-3-2-4-6-12/h2-6,11H,7-10,14H2,1H3,(H,15,16). The molecule has 1 unspecified atom stereocenters. The van der Waals surface area contributed by atoms with Gasteiger partial charge in [-0.1, -0.05) is 30.3 Å². The highest BCUT2D eigenvalue weighted by Gasteiger charge is 2.02. The first-order valence-electron chi connectivity index (χ1n) is 5.82. The summed E-state index contributed by atoms with van der Waals surface area (Å²) in [6, 6.07) is 10.3. The van der Waals surface area contributed by atoms with Crippen molar-refractivity contribution in [3.05, 3.63) is 35.9 Å². The van der Waals surface area contributed by atoms with Crippen molar-refractivity contribution in [2.45, 2.75) is 19.4 Å². The first-order valence-corrected chi connectivity index (χ1v) is 6.98. The second-order valence-corrected chi connectivity index (χ2v) is 5.11. The third-order valence-electron chi connectivity index (χ3n) is 2.19. The number of carbonyl (C=O) groups is 1. The summed E-state index contributed by atoms with van der Waals surface area (Å²) in [5.41, 5.74) is 6.85. The Kier molecular flexibility index (Phi) is 6.74. The zero-order valence-electron chi connectivity index (χ0n) is 10.2. The number of thioether (sulfide) groups is 1. The maximum Gasteiger partial charge on any atom is 0.230 e. The minimum absolute atomic E-state index is 0.0894. The molecule has 0 aliphatic heterocycles. The molecule has 1 aromatic rings. The van der Waals surface area contributed by atoms with E-state index in [1.165, 1.54) is 5.56 Å². The van der Waals surface area contributed by atoms with Crippen molar-refractivity contribution in [1.82, 2.24) is 5.32 Å². The second kappa shape index (κ2) is 8.14. The summed E-state index contributed by atoms with van der Waals surface area (Å²) >= 11 is 1.58. The average Bonchev–Trinajstić information content (AvgIpc) is 2.30. The lowest BCUT2D eigenvalue weighted by Crippen LogP contribution is -2.28. The van der Waals surface area contributed by atoms with E-state index in [-0.39, 0.29) is 11.9 Å². The number of nitrogens with one attached hydrogen (secondary N) is 1. The number of nitrogens with two attached hydrogens (primary N) is 1. The van der Waals surface area contributed by atoms with Gasteiger partial charge in [0.15, 0.2) is 0 Å². The Labute approximate surface area is 107 Å². The molecule has 3 nitrogen and oxygen atoms in total. The number of carbonyl (C=O) groups excluding carboxylic acids is 1. The van der Waals surface area contributed by atoms with Gasteiger partial charge in [-0.2, -0.15) is 11.8 Å². The van der Waals surface area contributed by atoms with E-state index >= 15 is 0 Å². The third-order valence-corrected chi connectivity index (χ3v) is 3.42. The van der Waals surface area contributed by atoms with Crippen molar-refractivity contribution >= 4 is 17.7 Å². The predicted octanol–water partition coefficient (Wildman–Crippen LogP) is 1.43. The molecule has 1 atom stereocenters. The minimum Gasteiger partial charge on any atom is -0.355 e. The van der Waals surface area contributed by atoms with Crippen LogP contribution < -0.4 is 11.1 Å². The summed E-state index contributed by atoms with van der Waals surface area (Å²) in [6.07, 6.45) is 0.880. The lowest BCUT2D eigenvalue weighted by Gasteiger charge is -2.06. The molecule has 1 aromatic carbocycles. The van der Waals surface area contributed by atoms with Crippen LogP contribution >= 0.6 is 11.8 Å². The summed E-state index contributed by atoms with van der Waals surface area (Å²) in [6.45, 7) is 2.64. The molecule has 3 N–H and O–H groups in total. The lowest BCUT2D eigenvalue weighted by atomic mass is 10.1. The molecule has 0 heterocycles. The van der Waals surface area contributed by atoms with Gasteiger partial charge >= 0.3 is 0 Å². The normalized spacial score (nSPS) is 12.1. The Balaban J connectivity index is 2.08. The first kappa shape index (κ1) is 14.1. The van der Waals surface area contributed by atoms with Crippen molar-refractivity contribution in [3.8, 4) is 0 Å². The first-order chi connectivity index (χ1) is 8.18. The molecule has 0 aliphatic carbocycles. The summed E-state index contributed by atoms with van der Waals surface area (Å²) in [4.78, 5) is 11.4. The van der Waals surface area contributed by atoms with Gasteiger partial charge in [0.2, 0.25) is 5.91 Å². The van der Waals surface area contributed by atoms with E-state index in [1.807, 2.05) is 25.1 Å². The quantitative estimate of drug-likeness (QED) is 0.772. The van der Waals surface area contributed by atoms with Crippen LogP contribution in [0.2, 0.25) is 0 Å². The van der Waals surface area contributed by atoms with Gasteiger partial charge in [0.1, 0.15) is 0 Å². The minimum atomic E-state index is 0.0894. The van der Waals surface area contributed by atoms with Crippen LogP contribution in [0.15, 0.2) is 30.3 Å². The molecule has 0 radical (unpaired) electrons. The summed E-state index contributed by atoms with van der Waals surface area (Å²) in [7, 11) is 0. The molecule has 17 heavy (non-hydrogen) atoms. The fourth-order valence-electron chi connectivity index (χ4n) is 1.38. The van der Waals surface area contributed by atoms with Gasteiger partial charge in [0, 0.05) is 18.3 Å². The summed E-state index contributed by atoms with van der Waals surface area (Å²) in [5, 5.41) is 2.90. The maximum absolute atomic E-state index is 11.4. The van der Waals surface area contributed by atoms with Crippen LogP contribution in [0.25, 0.3) is 0 Å². The number of amides is 1. The second-order valence-electron chi connectivity index (χ2n) is 4.08. The van der Waals surface area contributed by atoms with Crippen molar-refractivity contribution in [3.63, 3.8) is 0 Å². The van der Waals surface area contributed by atoms with E-state index in [4.69, 9.17) is 5.73 Å². The Morgan fingerprint density at radius 2 is 2.12 bits per heavy atom. The highest BCUT2D eigenvalue weighted by molar-refractivity contribution is 7.99. The molecule has 0 aliphatic rings. The van der Waals surface area contributed by atoms with Crippen LogP contribution in [-0.4, -0.2) is 30.0 Å². The molecular formula is C13H20N2OS. The van der Waals surface area contributed by atoms with E-state index in [9.17, 15) is 4.79 Å². The van der Waals surface area contributed by atoms with E-state index in [0.717, 1.165) is 12.2 Å². The number of rotatable bonds is 7. The van der Waals surface area contributed by atoms with Crippen LogP contribution in [0.4, 0.5) is 0 Å². The summed E-state index contributed by atoms with van der Waals surface area (Å²) < 4.78 is 0. The Hall–Kier alpha value is -1.00. The van der Waals surface area contributed by atoms with E-state index in [0.29, 0.717) is 12.3 Å². The van der Waals surface area contributed by atoms with Crippen LogP contribution in [-0.2, 0) is 11.2 Å². The summed E-state index contributed by atoms with van der Waals surface area (Å²) in [5.74, 6) is 1.41. The van der Waals surface area contributed by atoms with Crippen molar-refractivity contribution in [1.29, 1.82) is 0 Å². The highest BCUT2D eigenvalue weighted by Crippen LogP contribution is 2.01. The van der Waals surface area contributed by atoms with Gasteiger partial charge < -0.3 is 11.1 Å². The third kappa shape index (κ3) is 7.02. The molecule has 0 bridgehead atoms. The molecule has 1 rings (SSSR count). The molecule has 94 valence electrons.